The van der Waals surface area contributed by atoms with Gasteiger partial charge in [0.05, 0.1) is 27.9 Å². The van der Waals surface area contributed by atoms with Crippen LogP contribution in [0.3, 0.4) is 0 Å². The van der Waals surface area contributed by atoms with Gasteiger partial charge >= 0.3 is 0 Å². The first-order valence-electron chi connectivity index (χ1n) is 8.19. The predicted octanol–water partition coefficient (Wildman–Crippen LogP) is 4.36. The third kappa shape index (κ3) is 4.32. The summed E-state index contributed by atoms with van der Waals surface area (Å²) in [5.41, 5.74) is 3.50. The lowest BCUT2D eigenvalue weighted by atomic mass is 10.1. The fourth-order valence-electron chi connectivity index (χ4n) is 2.69. The lowest BCUT2D eigenvalue weighted by Gasteiger charge is -2.09. The van der Waals surface area contributed by atoms with Crippen LogP contribution in [0.25, 0.3) is 0 Å². The summed E-state index contributed by atoms with van der Waals surface area (Å²) in [5.74, 6) is -0.393. The summed E-state index contributed by atoms with van der Waals surface area (Å²) in [4.78, 5) is 22.8. The number of hydrogen-bond donors (Lipinski definition) is 1. The molecule has 8 heteroatoms. The molecule has 3 aromatic rings. The van der Waals surface area contributed by atoms with Crippen molar-refractivity contribution in [1.82, 2.24) is 9.78 Å². The van der Waals surface area contributed by atoms with Crippen LogP contribution < -0.4 is 5.32 Å². The van der Waals surface area contributed by atoms with Gasteiger partial charge in [0.25, 0.3) is 11.6 Å². The average Bonchev–Trinajstić information content (AvgIpc) is 2.94. The van der Waals surface area contributed by atoms with Crippen LogP contribution in [0.15, 0.2) is 48.5 Å². The van der Waals surface area contributed by atoms with Gasteiger partial charge in [0.2, 0.25) is 0 Å². The number of aryl methyl sites for hydroxylation is 2. The Morgan fingerprint density at radius 2 is 1.89 bits per heavy atom. The quantitative estimate of drug-likeness (QED) is 0.522. The summed E-state index contributed by atoms with van der Waals surface area (Å²) in [6.07, 6.45) is 0. The molecule has 1 amide bonds. The summed E-state index contributed by atoms with van der Waals surface area (Å²) in [6.45, 7) is 4.54. The van der Waals surface area contributed by atoms with Gasteiger partial charge in [-0.1, -0.05) is 23.7 Å². The highest BCUT2D eigenvalue weighted by atomic mass is 35.5. The Hall–Kier alpha value is -3.19. The molecule has 7 nitrogen and oxygen atoms in total. The molecule has 1 N–H and O–H groups in total. The minimum absolute atomic E-state index is 0.144. The number of halogens is 1. The van der Waals surface area contributed by atoms with Crippen molar-refractivity contribution in [2.24, 2.45) is 0 Å². The molecule has 1 heterocycles. The van der Waals surface area contributed by atoms with E-state index in [0.717, 1.165) is 17.0 Å². The van der Waals surface area contributed by atoms with Crippen LogP contribution in [0.5, 0.6) is 0 Å². The summed E-state index contributed by atoms with van der Waals surface area (Å²) >= 11 is 6.02. The Morgan fingerprint density at radius 1 is 1.19 bits per heavy atom. The summed E-state index contributed by atoms with van der Waals surface area (Å²) in [7, 11) is 0. The molecule has 0 aliphatic carbocycles. The number of nitro benzene ring substituents is 1. The molecule has 138 valence electrons. The first-order chi connectivity index (χ1) is 12.8. The minimum Gasteiger partial charge on any atom is -0.320 e. The molecular formula is C19H17ClN4O3. The highest BCUT2D eigenvalue weighted by molar-refractivity contribution is 6.34. The van der Waals surface area contributed by atoms with Gasteiger partial charge in [-0.05, 0) is 43.7 Å². The topological polar surface area (TPSA) is 90.1 Å². The molecule has 0 saturated carbocycles. The first-order valence-corrected chi connectivity index (χ1v) is 8.56. The van der Waals surface area contributed by atoms with E-state index in [2.05, 4.69) is 10.4 Å². The molecule has 0 atom stereocenters. The third-order valence-corrected chi connectivity index (χ3v) is 4.39. The van der Waals surface area contributed by atoms with E-state index in [-0.39, 0.29) is 16.4 Å². The van der Waals surface area contributed by atoms with Crippen LogP contribution in [0.4, 0.5) is 11.4 Å². The normalized spacial score (nSPS) is 10.6. The van der Waals surface area contributed by atoms with Gasteiger partial charge in [-0.3, -0.25) is 19.6 Å². The molecule has 0 fully saturated rings. The molecule has 0 unspecified atom stereocenters. The van der Waals surface area contributed by atoms with Crippen molar-refractivity contribution in [2.45, 2.75) is 20.4 Å². The molecule has 0 spiro atoms. The number of anilines is 1. The van der Waals surface area contributed by atoms with Crippen molar-refractivity contribution in [3.8, 4) is 0 Å². The maximum atomic E-state index is 12.4. The number of hydrogen-bond acceptors (Lipinski definition) is 4. The number of nitro groups is 1. The summed E-state index contributed by atoms with van der Waals surface area (Å²) in [6, 6.07) is 13.0. The largest absolute Gasteiger partial charge is 0.320 e. The number of nitrogens with zero attached hydrogens (tertiary/aromatic N) is 3. The van der Waals surface area contributed by atoms with Crippen molar-refractivity contribution in [2.75, 3.05) is 5.32 Å². The highest BCUT2D eigenvalue weighted by Gasteiger charge is 2.13. The number of carbonyl (C=O) groups excluding carboxylic acids is 1. The Morgan fingerprint density at radius 3 is 2.48 bits per heavy atom. The van der Waals surface area contributed by atoms with Gasteiger partial charge in [0.15, 0.2) is 0 Å². The van der Waals surface area contributed by atoms with E-state index in [0.29, 0.717) is 12.1 Å². The second-order valence-corrected chi connectivity index (χ2v) is 6.56. The number of aromatic nitrogens is 2. The Kier molecular flexibility index (Phi) is 5.23. The van der Waals surface area contributed by atoms with Crippen molar-refractivity contribution >= 4 is 28.9 Å². The smallest absolute Gasteiger partial charge is 0.271 e. The number of benzene rings is 2. The summed E-state index contributed by atoms with van der Waals surface area (Å²) < 4.78 is 1.90. The number of rotatable bonds is 5. The molecule has 0 bridgehead atoms. The third-order valence-electron chi connectivity index (χ3n) is 4.06. The van der Waals surface area contributed by atoms with Crippen LogP contribution in [0.1, 0.15) is 27.3 Å². The maximum absolute atomic E-state index is 12.4. The van der Waals surface area contributed by atoms with Crippen molar-refractivity contribution in [3.63, 3.8) is 0 Å². The monoisotopic (exact) mass is 384 g/mol. The van der Waals surface area contributed by atoms with Gasteiger partial charge < -0.3 is 5.32 Å². The Bertz CT molecular complexity index is 1010. The van der Waals surface area contributed by atoms with Gasteiger partial charge in [-0.15, -0.1) is 0 Å². The zero-order valence-electron chi connectivity index (χ0n) is 14.8. The molecule has 0 aliphatic rings. The van der Waals surface area contributed by atoms with Crippen LogP contribution in [0.2, 0.25) is 5.02 Å². The van der Waals surface area contributed by atoms with Gasteiger partial charge in [0, 0.05) is 23.4 Å². The van der Waals surface area contributed by atoms with E-state index in [4.69, 9.17) is 11.6 Å². The molecule has 3 rings (SSSR count). The average molecular weight is 385 g/mol. The van der Waals surface area contributed by atoms with Crippen LogP contribution >= 0.6 is 11.6 Å². The summed E-state index contributed by atoms with van der Waals surface area (Å²) in [5, 5.41) is 18.1. The van der Waals surface area contributed by atoms with Crippen molar-refractivity contribution in [1.29, 1.82) is 0 Å². The molecule has 2 aromatic carbocycles. The Labute approximate surface area is 160 Å². The maximum Gasteiger partial charge on any atom is 0.271 e. The number of amides is 1. The fourth-order valence-corrected chi connectivity index (χ4v) is 2.85. The van der Waals surface area contributed by atoms with E-state index in [1.54, 1.807) is 12.1 Å². The fraction of sp³-hybridized carbons (Fsp3) is 0.158. The Balaban J connectivity index is 1.73. The van der Waals surface area contributed by atoms with E-state index in [1.807, 2.05) is 36.7 Å². The zero-order chi connectivity index (χ0) is 19.6. The van der Waals surface area contributed by atoms with Gasteiger partial charge in [-0.2, -0.15) is 5.10 Å². The second-order valence-electron chi connectivity index (χ2n) is 6.16. The molecule has 27 heavy (non-hydrogen) atoms. The second kappa shape index (κ2) is 7.59. The van der Waals surface area contributed by atoms with E-state index >= 15 is 0 Å². The number of carbonyl (C=O) groups is 1. The molecular weight excluding hydrogens is 368 g/mol. The first kappa shape index (κ1) is 18.6. The number of nitrogens with one attached hydrogen (secondary N) is 1. The lowest BCUT2D eigenvalue weighted by Crippen LogP contribution is -2.12. The van der Waals surface area contributed by atoms with Crippen LogP contribution in [0, 0.1) is 24.0 Å². The van der Waals surface area contributed by atoms with Crippen molar-refractivity contribution < 1.29 is 9.72 Å². The molecule has 1 aromatic heterocycles. The van der Waals surface area contributed by atoms with Crippen molar-refractivity contribution in [3.05, 3.63) is 86.2 Å². The van der Waals surface area contributed by atoms with E-state index in [9.17, 15) is 14.9 Å². The van der Waals surface area contributed by atoms with Crippen LogP contribution in [-0.4, -0.2) is 20.6 Å². The standard InChI is InChI=1S/C19H17ClN4O3/c1-12-9-13(2)23(22-12)11-14-3-5-15(6-4-14)19(25)21-18-10-16(24(26)27)7-8-17(18)20/h3-10H,11H2,1-2H3,(H,21,25). The molecule has 0 saturated heterocycles. The molecule has 0 aliphatic heterocycles. The van der Waals surface area contributed by atoms with Gasteiger partial charge in [-0.25, -0.2) is 0 Å². The van der Waals surface area contributed by atoms with E-state index in [1.165, 1.54) is 18.2 Å². The molecule has 0 radical (unpaired) electrons. The minimum atomic E-state index is -0.542. The predicted molar refractivity (Wildman–Crippen MR) is 103 cm³/mol. The van der Waals surface area contributed by atoms with E-state index < -0.39 is 10.8 Å². The van der Waals surface area contributed by atoms with Gasteiger partial charge in [0.1, 0.15) is 0 Å². The highest BCUT2D eigenvalue weighted by Crippen LogP contribution is 2.27. The lowest BCUT2D eigenvalue weighted by molar-refractivity contribution is -0.384. The SMILES string of the molecule is Cc1cc(C)n(Cc2ccc(C(=O)Nc3cc([N+](=O)[O-])ccc3Cl)cc2)n1. The zero-order valence-corrected chi connectivity index (χ0v) is 15.5. The van der Waals surface area contributed by atoms with Crippen LogP contribution in [-0.2, 0) is 6.54 Å². The number of non-ortho nitro benzene ring substituents is 1.